The molecule has 0 aliphatic carbocycles. The van der Waals surface area contributed by atoms with Crippen LogP contribution in [0.5, 0.6) is 11.6 Å². The fraction of sp³-hybridized carbons (Fsp3) is 0.500. The number of nitrogens with zero attached hydrogens (tertiary/aromatic N) is 2. The molecule has 0 radical (unpaired) electrons. The van der Waals surface area contributed by atoms with E-state index in [1.54, 1.807) is 6.20 Å². The molecular formula is C24H29BrN2O4. The molecule has 4 rings (SSSR count). The summed E-state index contributed by atoms with van der Waals surface area (Å²) < 4.78 is 13.6. The second-order valence-corrected chi connectivity index (χ2v) is 10.6. The lowest BCUT2D eigenvalue weighted by atomic mass is 9.75. The van der Waals surface area contributed by atoms with Crippen LogP contribution in [-0.4, -0.2) is 45.9 Å². The lowest BCUT2D eigenvalue weighted by Gasteiger charge is -2.39. The van der Waals surface area contributed by atoms with Gasteiger partial charge in [0.1, 0.15) is 5.75 Å². The lowest BCUT2D eigenvalue weighted by Crippen LogP contribution is -2.46. The highest BCUT2D eigenvalue weighted by Gasteiger charge is 2.52. The van der Waals surface area contributed by atoms with Crippen LogP contribution in [0.4, 0.5) is 4.79 Å². The number of carbonyl (C=O) groups is 1. The molecule has 7 heteroatoms. The average Bonchev–Trinajstić information content (AvgIpc) is 3.10. The highest BCUT2D eigenvalue weighted by molar-refractivity contribution is 9.10. The minimum absolute atomic E-state index is 0.0395. The molecule has 0 saturated carbocycles. The van der Waals surface area contributed by atoms with Crippen molar-refractivity contribution in [2.45, 2.75) is 57.7 Å². The van der Waals surface area contributed by atoms with E-state index in [-0.39, 0.29) is 23.0 Å². The normalized spacial score (nSPS) is 23.2. The average molecular weight is 489 g/mol. The summed E-state index contributed by atoms with van der Waals surface area (Å²) >= 11 is 3.39. The van der Waals surface area contributed by atoms with Crippen molar-refractivity contribution >= 4 is 22.0 Å². The molecular weight excluding hydrogens is 460 g/mol. The first kappa shape index (κ1) is 22.1. The molecule has 2 saturated heterocycles. The molecule has 1 aromatic carbocycles. The van der Waals surface area contributed by atoms with E-state index in [9.17, 15) is 9.90 Å². The quantitative estimate of drug-likeness (QED) is 0.567. The Balaban J connectivity index is 1.57. The number of ether oxygens (including phenoxy) is 2. The van der Waals surface area contributed by atoms with Crippen LogP contribution in [0.2, 0.25) is 0 Å². The summed E-state index contributed by atoms with van der Waals surface area (Å²) in [6, 6.07) is 11.9. The molecule has 1 N–H and O–H groups in total. The van der Waals surface area contributed by atoms with E-state index in [4.69, 9.17) is 9.47 Å². The second kappa shape index (κ2) is 8.43. The maximum Gasteiger partial charge on any atom is 0.407 e. The van der Waals surface area contributed by atoms with Gasteiger partial charge >= 0.3 is 6.09 Å². The van der Waals surface area contributed by atoms with Gasteiger partial charge in [-0.3, -0.25) is 0 Å². The summed E-state index contributed by atoms with van der Waals surface area (Å²) in [6.07, 6.45) is 3.28. The molecule has 31 heavy (non-hydrogen) atoms. The number of hydrogen-bond donors (Lipinski definition) is 1. The van der Waals surface area contributed by atoms with Crippen molar-refractivity contribution in [3.63, 3.8) is 0 Å². The van der Waals surface area contributed by atoms with Crippen molar-refractivity contribution < 1.29 is 19.4 Å². The Morgan fingerprint density at radius 1 is 1.26 bits per heavy atom. The molecule has 1 unspecified atom stereocenters. The number of carboxylic acid groups (broad SMARTS) is 1. The molecule has 166 valence electrons. The maximum atomic E-state index is 11.3. The van der Waals surface area contributed by atoms with E-state index < -0.39 is 6.09 Å². The minimum Gasteiger partial charge on any atom is -0.465 e. The van der Waals surface area contributed by atoms with Gasteiger partial charge in [-0.1, -0.05) is 32.9 Å². The van der Waals surface area contributed by atoms with Gasteiger partial charge in [0.2, 0.25) is 5.88 Å². The Labute approximate surface area is 191 Å². The second-order valence-electron chi connectivity index (χ2n) is 9.66. The Bertz CT molecular complexity index is 933. The van der Waals surface area contributed by atoms with Crippen molar-refractivity contribution in [1.29, 1.82) is 0 Å². The number of halogens is 1. The topological polar surface area (TPSA) is 71.9 Å². The Morgan fingerprint density at radius 2 is 2.00 bits per heavy atom. The van der Waals surface area contributed by atoms with Crippen LogP contribution in [0.3, 0.4) is 0 Å². The third kappa shape index (κ3) is 4.88. The highest BCUT2D eigenvalue weighted by atomic mass is 79.9. The number of hydrogen-bond acceptors (Lipinski definition) is 4. The van der Waals surface area contributed by atoms with Crippen LogP contribution < -0.4 is 4.74 Å². The van der Waals surface area contributed by atoms with Crippen molar-refractivity contribution in [2.24, 2.45) is 5.41 Å². The van der Waals surface area contributed by atoms with E-state index in [1.807, 2.05) is 24.3 Å². The molecule has 3 heterocycles. The van der Waals surface area contributed by atoms with E-state index in [1.165, 1.54) is 10.5 Å². The van der Waals surface area contributed by atoms with Gasteiger partial charge in [0.05, 0.1) is 11.7 Å². The number of benzene rings is 1. The predicted octanol–water partition coefficient (Wildman–Crippen LogP) is 6.07. The molecule has 2 atom stereocenters. The van der Waals surface area contributed by atoms with Gasteiger partial charge in [-0.15, -0.1) is 0 Å². The van der Waals surface area contributed by atoms with E-state index in [0.29, 0.717) is 19.0 Å². The third-order valence-corrected chi connectivity index (χ3v) is 6.81. The van der Waals surface area contributed by atoms with Crippen LogP contribution in [0.15, 0.2) is 47.1 Å². The van der Waals surface area contributed by atoms with Crippen molar-refractivity contribution in [3.05, 3.63) is 52.6 Å². The molecule has 1 amide bonds. The van der Waals surface area contributed by atoms with Crippen LogP contribution in [0.1, 0.15) is 51.5 Å². The van der Waals surface area contributed by atoms with Crippen LogP contribution in [0.25, 0.3) is 0 Å². The number of likely N-dealkylation sites (tertiary alicyclic amines) is 1. The van der Waals surface area contributed by atoms with Crippen LogP contribution in [0, 0.1) is 5.41 Å². The van der Waals surface area contributed by atoms with Crippen molar-refractivity contribution in [1.82, 2.24) is 9.88 Å². The molecule has 6 nitrogen and oxygen atoms in total. The molecule has 2 aliphatic heterocycles. The van der Waals surface area contributed by atoms with Gasteiger partial charge in [0, 0.05) is 35.7 Å². The summed E-state index contributed by atoms with van der Waals surface area (Å²) in [5, 5.41) is 9.31. The Morgan fingerprint density at radius 3 is 2.61 bits per heavy atom. The summed E-state index contributed by atoms with van der Waals surface area (Å²) in [5.74, 6) is 1.52. The molecule has 2 aliphatic rings. The van der Waals surface area contributed by atoms with Crippen LogP contribution >= 0.6 is 15.9 Å². The van der Waals surface area contributed by atoms with Crippen molar-refractivity contribution in [2.75, 3.05) is 13.1 Å². The summed E-state index contributed by atoms with van der Waals surface area (Å²) in [5.41, 5.74) is 0.882. The van der Waals surface area contributed by atoms with E-state index in [2.05, 4.69) is 53.8 Å². The van der Waals surface area contributed by atoms with E-state index >= 15 is 0 Å². The Kier molecular flexibility index (Phi) is 6.01. The smallest absolute Gasteiger partial charge is 0.407 e. The fourth-order valence-electron chi connectivity index (χ4n) is 4.76. The van der Waals surface area contributed by atoms with Crippen LogP contribution in [-0.2, 0) is 4.74 Å². The van der Waals surface area contributed by atoms with Gasteiger partial charge in [-0.25, -0.2) is 9.78 Å². The first-order valence-corrected chi connectivity index (χ1v) is 11.5. The predicted molar refractivity (Wildman–Crippen MR) is 122 cm³/mol. The fourth-order valence-corrected chi connectivity index (χ4v) is 4.99. The van der Waals surface area contributed by atoms with Gasteiger partial charge < -0.3 is 19.5 Å². The lowest BCUT2D eigenvalue weighted by molar-refractivity contribution is -0.105. The monoisotopic (exact) mass is 488 g/mol. The van der Waals surface area contributed by atoms with E-state index in [0.717, 1.165) is 29.5 Å². The highest BCUT2D eigenvalue weighted by Crippen LogP contribution is 2.51. The standard InChI is InChI=1S/C24H29BrN2O4/c1-23(2,3)21-19(14-24(31-21)9-11-27(12-10-24)22(28)29)16-5-4-6-18(13-16)30-20-8-7-17(25)15-26-20/h4-8,13,15,19,21H,9-12,14H2,1-3H3,(H,28,29)/t19-,21?/m1/s1. The van der Waals surface area contributed by atoms with Gasteiger partial charge in [0.15, 0.2) is 0 Å². The maximum absolute atomic E-state index is 11.3. The zero-order valence-corrected chi connectivity index (χ0v) is 19.8. The van der Waals surface area contributed by atoms with Gasteiger partial charge in [-0.05, 0) is 64.4 Å². The number of amides is 1. The third-order valence-electron chi connectivity index (χ3n) is 6.34. The number of rotatable bonds is 3. The number of pyridine rings is 1. The number of piperidine rings is 1. The largest absolute Gasteiger partial charge is 0.465 e. The first-order chi connectivity index (χ1) is 14.7. The van der Waals surface area contributed by atoms with Crippen molar-refractivity contribution in [3.8, 4) is 11.6 Å². The summed E-state index contributed by atoms with van der Waals surface area (Å²) in [4.78, 5) is 17.1. The zero-order chi connectivity index (χ0) is 22.2. The van der Waals surface area contributed by atoms with Gasteiger partial charge in [0.25, 0.3) is 0 Å². The SMILES string of the molecule is CC(C)(C)C1OC2(CCN(C(=O)O)CC2)C[C@@H]1c1cccc(Oc2ccc(Br)cn2)c1. The molecule has 2 fully saturated rings. The first-order valence-electron chi connectivity index (χ1n) is 10.7. The summed E-state index contributed by atoms with van der Waals surface area (Å²) in [6.45, 7) is 7.68. The Hall–Kier alpha value is -2.12. The molecule has 1 aromatic heterocycles. The molecule has 0 bridgehead atoms. The van der Waals surface area contributed by atoms with Gasteiger partial charge in [-0.2, -0.15) is 0 Å². The minimum atomic E-state index is -0.844. The molecule has 2 aromatic rings. The zero-order valence-electron chi connectivity index (χ0n) is 18.2. The molecule has 1 spiro atoms. The number of aromatic nitrogens is 1. The summed E-state index contributed by atoms with van der Waals surface area (Å²) in [7, 11) is 0.